The summed E-state index contributed by atoms with van der Waals surface area (Å²) in [7, 11) is -2.62. The molecule has 2 aliphatic heterocycles. The van der Waals surface area contributed by atoms with Crippen LogP contribution >= 0.6 is 23.2 Å². The molecule has 2 aromatic carbocycles. The van der Waals surface area contributed by atoms with Crippen LogP contribution in [-0.4, -0.2) is 63.3 Å². The molecular weight excluding hydrogens is 579 g/mol. The number of ether oxygens (including phenoxy) is 1. The minimum absolute atomic E-state index is 0.0358. The fraction of sp³-hybridized carbons (Fsp3) is 0.286. The number of fused-ring (bicyclic) bond motifs is 2. The normalized spacial score (nSPS) is 16.3. The third-order valence-corrected chi connectivity index (χ3v) is 8.72. The number of nitrogens with zero attached hydrogens (tertiary/aromatic N) is 1. The molecule has 2 amide bonds. The maximum absolute atomic E-state index is 13.2. The molecule has 210 valence electrons. The van der Waals surface area contributed by atoms with Gasteiger partial charge in [-0.2, -0.15) is 0 Å². The molecule has 0 saturated heterocycles. The van der Waals surface area contributed by atoms with Crippen molar-refractivity contribution >= 4 is 56.4 Å². The van der Waals surface area contributed by atoms with Gasteiger partial charge in [-0.3, -0.25) is 13.8 Å². The molecule has 3 heterocycles. The first kappa shape index (κ1) is 28.1. The zero-order valence-corrected chi connectivity index (χ0v) is 23.8. The number of nitrogens with one attached hydrogen (secondary N) is 1. The molecule has 2 N–H and O–H groups in total. The summed E-state index contributed by atoms with van der Waals surface area (Å²) < 4.78 is 23.2. The van der Waals surface area contributed by atoms with E-state index in [0.717, 1.165) is 17.7 Å². The molecule has 0 aliphatic carbocycles. The highest BCUT2D eigenvalue weighted by Gasteiger charge is 2.30. The molecule has 3 aromatic rings. The largest absolute Gasteiger partial charge is 0.493 e. The highest BCUT2D eigenvalue weighted by molar-refractivity contribution is 7.99. The summed E-state index contributed by atoms with van der Waals surface area (Å²) in [6.45, 7) is 1.23. The molecule has 0 radical (unpaired) electrons. The Morgan fingerprint density at radius 3 is 2.62 bits per heavy atom. The molecule has 0 saturated carbocycles. The molecule has 9 nitrogen and oxygen atoms in total. The molecule has 2 atom stereocenters. The number of aliphatic carboxylic acids is 1. The number of carboxylic acids is 1. The Labute approximate surface area is 241 Å². The van der Waals surface area contributed by atoms with Crippen molar-refractivity contribution in [3.63, 3.8) is 0 Å². The van der Waals surface area contributed by atoms with E-state index < -0.39 is 27.4 Å². The lowest BCUT2D eigenvalue weighted by molar-refractivity contribution is -0.139. The molecule has 40 heavy (non-hydrogen) atoms. The molecule has 5 rings (SSSR count). The summed E-state index contributed by atoms with van der Waals surface area (Å²) in [4.78, 5) is 40.0. The Balaban J connectivity index is 1.33. The summed E-state index contributed by atoms with van der Waals surface area (Å²) >= 11 is 13.1. The summed E-state index contributed by atoms with van der Waals surface area (Å²) in [6.07, 6.45) is 2.42. The van der Waals surface area contributed by atoms with Gasteiger partial charge in [-0.25, -0.2) is 4.79 Å². The van der Waals surface area contributed by atoms with Crippen molar-refractivity contribution in [2.45, 2.75) is 36.9 Å². The van der Waals surface area contributed by atoms with E-state index in [0.29, 0.717) is 36.3 Å². The van der Waals surface area contributed by atoms with Crippen LogP contribution in [0.2, 0.25) is 10.0 Å². The maximum atomic E-state index is 13.2. The fourth-order valence-corrected chi connectivity index (χ4v) is 6.25. The maximum Gasteiger partial charge on any atom is 0.326 e. The van der Waals surface area contributed by atoms with Crippen LogP contribution in [0.4, 0.5) is 0 Å². The van der Waals surface area contributed by atoms with Crippen LogP contribution in [0.15, 0.2) is 45.9 Å². The lowest BCUT2D eigenvalue weighted by Crippen LogP contribution is -2.42. The van der Waals surface area contributed by atoms with Gasteiger partial charge in [-0.1, -0.05) is 29.3 Å². The van der Waals surface area contributed by atoms with Crippen molar-refractivity contribution in [3.8, 4) is 5.75 Å². The number of rotatable bonds is 7. The van der Waals surface area contributed by atoms with Gasteiger partial charge < -0.3 is 24.5 Å². The van der Waals surface area contributed by atoms with E-state index >= 15 is 0 Å². The first-order chi connectivity index (χ1) is 18.9. The van der Waals surface area contributed by atoms with E-state index in [2.05, 4.69) is 11.2 Å². The Morgan fingerprint density at radius 1 is 1.15 bits per heavy atom. The zero-order valence-electron chi connectivity index (χ0n) is 21.5. The average molecular weight is 605 g/mol. The second kappa shape index (κ2) is 10.8. The van der Waals surface area contributed by atoms with E-state index in [4.69, 9.17) is 32.4 Å². The predicted octanol–water partition coefficient (Wildman–Crippen LogP) is 3.85. The average Bonchev–Trinajstić information content (AvgIpc) is 3.56. The highest BCUT2D eigenvalue weighted by atomic mass is 35.5. The van der Waals surface area contributed by atoms with Crippen LogP contribution in [0.1, 0.15) is 43.2 Å². The first-order valence-electron chi connectivity index (χ1n) is 12.4. The van der Waals surface area contributed by atoms with E-state index in [9.17, 15) is 23.7 Å². The minimum atomic E-state index is -2.62. The third kappa shape index (κ3) is 5.56. The molecule has 0 spiro atoms. The van der Waals surface area contributed by atoms with Crippen LogP contribution in [-0.2, 0) is 40.1 Å². The summed E-state index contributed by atoms with van der Waals surface area (Å²) in [6, 6.07) is 8.64. The van der Waals surface area contributed by atoms with Crippen LogP contribution < -0.4 is 10.1 Å². The second-order valence-corrected chi connectivity index (χ2v) is 13.1. The van der Waals surface area contributed by atoms with Gasteiger partial charge in [0.15, 0.2) is 5.09 Å². The van der Waals surface area contributed by atoms with E-state index in [1.807, 2.05) is 6.07 Å². The molecule has 1 unspecified atom stereocenters. The molecule has 12 heteroatoms. The van der Waals surface area contributed by atoms with E-state index in [1.54, 1.807) is 23.1 Å². The molecule has 0 fully saturated rings. The van der Waals surface area contributed by atoms with E-state index in [-0.39, 0.29) is 45.3 Å². The molecular formula is C28H26Cl2N2O7S. The van der Waals surface area contributed by atoms with Crippen molar-refractivity contribution in [1.29, 1.82) is 0 Å². The van der Waals surface area contributed by atoms with Crippen LogP contribution in [0, 0.1) is 0 Å². The number of furan rings is 1. The number of hydrogen-bond acceptors (Lipinski definition) is 6. The Bertz CT molecular complexity index is 1650. The van der Waals surface area contributed by atoms with Crippen molar-refractivity contribution in [2.24, 2.45) is 0 Å². The summed E-state index contributed by atoms with van der Waals surface area (Å²) in [5.74, 6) is 2.29. The van der Waals surface area contributed by atoms with Gasteiger partial charge in [0.25, 0.3) is 11.8 Å². The zero-order chi connectivity index (χ0) is 28.8. The van der Waals surface area contributed by atoms with Crippen LogP contribution in [0.3, 0.4) is 0 Å². The summed E-state index contributed by atoms with van der Waals surface area (Å²) in [5.41, 5.74) is 2.94. The van der Waals surface area contributed by atoms with Crippen molar-refractivity contribution < 1.29 is 32.9 Å². The lowest BCUT2D eigenvalue weighted by atomic mass is 9.95. The standard InChI is InChI=1S/C28H26Cl2N2O7S/c1-40(2,37)23-6-5-18(39-23)13-21(28(35)36)31-26(33)24-20(29)11-17-14-32(9-7-19(17)25(24)30)27(34)16-4-3-15-8-10-38-22(15)12-16/h3-6,11-12,21H,1,7-10,13-14H2,2H3,(H,31,33)(H,35,36)/t21-,40?/m0/s1. The minimum Gasteiger partial charge on any atom is -0.493 e. The molecule has 1 aromatic heterocycles. The molecule has 0 bridgehead atoms. The number of amides is 2. The Morgan fingerprint density at radius 2 is 1.93 bits per heavy atom. The van der Waals surface area contributed by atoms with Gasteiger partial charge in [0.1, 0.15) is 17.6 Å². The van der Waals surface area contributed by atoms with E-state index in [1.165, 1.54) is 18.4 Å². The SMILES string of the molecule is C=S(C)(=O)c1ccc(C[C@H](NC(=O)c2c(Cl)cc3c(c2Cl)CCN(C(=O)c2ccc4c(c2)OCC4)C3)C(=O)O)o1. The number of carbonyl (C=O) groups is 3. The Kier molecular flexibility index (Phi) is 7.60. The smallest absolute Gasteiger partial charge is 0.326 e. The van der Waals surface area contributed by atoms with Crippen molar-refractivity contribution in [2.75, 3.05) is 19.4 Å². The first-order valence-corrected chi connectivity index (χ1v) is 15.3. The fourth-order valence-electron chi connectivity index (χ4n) is 4.85. The number of halogens is 2. The van der Waals surface area contributed by atoms with Gasteiger partial charge in [0, 0.05) is 47.3 Å². The Hall–Kier alpha value is -3.47. The second-order valence-electron chi connectivity index (χ2n) is 9.88. The van der Waals surface area contributed by atoms with Crippen molar-refractivity contribution in [1.82, 2.24) is 10.2 Å². The van der Waals surface area contributed by atoms with Gasteiger partial charge in [0.05, 0.1) is 22.2 Å². The van der Waals surface area contributed by atoms with Gasteiger partial charge >= 0.3 is 5.97 Å². The van der Waals surface area contributed by atoms with Gasteiger partial charge in [-0.15, -0.1) is 0 Å². The van der Waals surface area contributed by atoms with Crippen LogP contribution in [0.5, 0.6) is 5.75 Å². The quantitative estimate of drug-likeness (QED) is 0.392. The lowest BCUT2D eigenvalue weighted by Gasteiger charge is -2.30. The topological polar surface area (TPSA) is 126 Å². The van der Waals surface area contributed by atoms with Crippen molar-refractivity contribution in [3.05, 3.63) is 80.0 Å². The monoisotopic (exact) mass is 604 g/mol. The van der Waals surface area contributed by atoms with Gasteiger partial charge in [-0.05, 0) is 59.3 Å². The highest BCUT2D eigenvalue weighted by Crippen LogP contribution is 2.35. The number of hydrogen-bond donors (Lipinski definition) is 2. The predicted molar refractivity (Wildman–Crippen MR) is 151 cm³/mol. The third-order valence-electron chi connectivity index (χ3n) is 6.93. The molecule has 2 aliphatic rings. The number of carbonyl (C=O) groups excluding carboxylic acids is 2. The van der Waals surface area contributed by atoms with Gasteiger partial charge in [0.2, 0.25) is 0 Å². The number of benzene rings is 2. The summed E-state index contributed by atoms with van der Waals surface area (Å²) in [5, 5.41) is 12.5. The number of carboxylic acid groups (broad SMARTS) is 1. The van der Waals surface area contributed by atoms with Crippen LogP contribution in [0.25, 0.3) is 0 Å².